The second-order valence-corrected chi connectivity index (χ2v) is 6.56. The quantitative estimate of drug-likeness (QED) is 0.888. The molecule has 2 saturated heterocycles. The Morgan fingerprint density at radius 1 is 1.37 bits per heavy atom. The average molecular weight is 264 g/mol. The number of hydrogen-bond donors (Lipinski definition) is 1. The topological polar surface area (TPSA) is 29.5 Å². The molecule has 19 heavy (non-hydrogen) atoms. The number of halogens is 1. The van der Waals surface area contributed by atoms with Gasteiger partial charge >= 0.3 is 0 Å². The van der Waals surface area contributed by atoms with E-state index in [0.29, 0.717) is 12.3 Å². The average Bonchev–Trinajstić information content (AvgIpc) is 2.78. The zero-order valence-electron chi connectivity index (χ0n) is 11.7. The highest BCUT2D eigenvalue weighted by Crippen LogP contribution is 2.60. The van der Waals surface area contributed by atoms with Gasteiger partial charge in [-0.15, -0.1) is 0 Å². The standard InChI is InChI=1S/C16H21FO2/c1-10(2)16-9-14(18)15(3,19-16)8-13(16)11-5-4-6-12(17)7-11/h4-7,10,13-14,18H,8-9H2,1-3H3/t13?,14-,15+,16-/m1/s1. The van der Waals surface area contributed by atoms with Gasteiger partial charge in [-0.25, -0.2) is 4.39 Å². The molecule has 0 radical (unpaired) electrons. The smallest absolute Gasteiger partial charge is 0.123 e. The monoisotopic (exact) mass is 264 g/mol. The Morgan fingerprint density at radius 3 is 2.68 bits per heavy atom. The minimum Gasteiger partial charge on any atom is -0.390 e. The van der Waals surface area contributed by atoms with Crippen LogP contribution in [0.4, 0.5) is 4.39 Å². The van der Waals surface area contributed by atoms with Crippen LogP contribution in [-0.4, -0.2) is 22.4 Å². The maximum atomic E-state index is 13.5. The van der Waals surface area contributed by atoms with Crippen LogP contribution < -0.4 is 0 Å². The van der Waals surface area contributed by atoms with Crippen LogP contribution in [0.5, 0.6) is 0 Å². The Morgan fingerprint density at radius 2 is 2.11 bits per heavy atom. The van der Waals surface area contributed by atoms with Gasteiger partial charge in [-0.3, -0.25) is 0 Å². The minimum absolute atomic E-state index is 0.164. The lowest BCUT2D eigenvalue weighted by Crippen LogP contribution is -2.42. The normalized spacial score (nSPS) is 41.2. The predicted octanol–water partition coefficient (Wildman–Crippen LogP) is 3.25. The van der Waals surface area contributed by atoms with Gasteiger partial charge in [0.05, 0.1) is 17.3 Å². The van der Waals surface area contributed by atoms with Crippen molar-refractivity contribution in [2.24, 2.45) is 5.92 Å². The van der Waals surface area contributed by atoms with Gasteiger partial charge < -0.3 is 9.84 Å². The summed E-state index contributed by atoms with van der Waals surface area (Å²) >= 11 is 0. The summed E-state index contributed by atoms with van der Waals surface area (Å²) in [5.74, 6) is 0.251. The highest BCUT2D eigenvalue weighted by atomic mass is 19.1. The molecule has 3 heteroatoms. The molecule has 104 valence electrons. The van der Waals surface area contributed by atoms with E-state index in [-0.39, 0.29) is 17.3 Å². The van der Waals surface area contributed by atoms with Crippen molar-refractivity contribution < 1.29 is 14.2 Å². The summed E-state index contributed by atoms with van der Waals surface area (Å²) in [5.41, 5.74) is 0.146. The van der Waals surface area contributed by atoms with Gasteiger partial charge in [0, 0.05) is 12.3 Å². The third kappa shape index (κ3) is 1.75. The highest BCUT2D eigenvalue weighted by Gasteiger charge is 2.65. The van der Waals surface area contributed by atoms with E-state index in [1.165, 1.54) is 6.07 Å². The first-order chi connectivity index (χ1) is 8.87. The largest absolute Gasteiger partial charge is 0.390 e. The number of aliphatic hydroxyl groups is 1. The molecule has 0 amide bonds. The van der Waals surface area contributed by atoms with Crippen molar-refractivity contribution in [3.63, 3.8) is 0 Å². The van der Waals surface area contributed by atoms with Crippen LogP contribution in [0.1, 0.15) is 45.1 Å². The van der Waals surface area contributed by atoms with E-state index in [9.17, 15) is 9.50 Å². The molecular formula is C16H21FO2. The van der Waals surface area contributed by atoms with Crippen molar-refractivity contribution in [3.05, 3.63) is 35.6 Å². The SMILES string of the molecule is CC(C)[C@]12C[C@@H](O)[C@](C)(CC1c1cccc(F)c1)O2. The summed E-state index contributed by atoms with van der Waals surface area (Å²) in [6.45, 7) is 6.22. The fourth-order valence-electron chi connectivity index (χ4n) is 3.91. The van der Waals surface area contributed by atoms with Gasteiger partial charge in [0.15, 0.2) is 0 Å². The second kappa shape index (κ2) is 4.03. The number of aliphatic hydroxyl groups excluding tert-OH is 1. The van der Waals surface area contributed by atoms with E-state index in [1.54, 1.807) is 12.1 Å². The van der Waals surface area contributed by atoms with Gasteiger partial charge in [-0.1, -0.05) is 26.0 Å². The van der Waals surface area contributed by atoms with Crippen LogP contribution in [0.2, 0.25) is 0 Å². The molecule has 3 rings (SSSR count). The maximum Gasteiger partial charge on any atom is 0.123 e. The molecule has 2 nitrogen and oxygen atoms in total. The lowest BCUT2D eigenvalue weighted by molar-refractivity contribution is -0.0830. The Balaban J connectivity index is 2.04. The van der Waals surface area contributed by atoms with Crippen LogP contribution in [-0.2, 0) is 4.74 Å². The van der Waals surface area contributed by atoms with Crippen molar-refractivity contribution in [2.75, 3.05) is 0 Å². The molecule has 1 aromatic rings. The highest BCUT2D eigenvalue weighted by molar-refractivity contribution is 5.30. The van der Waals surface area contributed by atoms with Gasteiger partial charge in [0.1, 0.15) is 5.82 Å². The van der Waals surface area contributed by atoms with Gasteiger partial charge in [-0.05, 0) is 37.0 Å². The van der Waals surface area contributed by atoms with Gasteiger partial charge in [0.25, 0.3) is 0 Å². The fourth-order valence-corrected chi connectivity index (χ4v) is 3.91. The van der Waals surface area contributed by atoms with Crippen molar-refractivity contribution in [3.8, 4) is 0 Å². The molecule has 2 aliphatic heterocycles. The first-order valence-corrected chi connectivity index (χ1v) is 7.01. The summed E-state index contributed by atoms with van der Waals surface area (Å²) in [5, 5.41) is 10.2. The van der Waals surface area contributed by atoms with E-state index in [0.717, 1.165) is 12.0 Å². The lowest BCUT2D eigenvalue weighted by Gasteiger charge is -2.37. The molecule has 0 aliphatic carbocycles. The Hall–Kier alpha value is -0.930. The fraction of sp³-hybridized carbons (Fsp3) is 0.625. The number of ether oxygens (including phenoxy) is 1. The van der Waals surface area contributed by atoms with Crippen molar-refractivity contribution in [2.45, 2.75) is 56.8 Å². The van der Waals surface area contributed by atoms with Gasteiger partial charge in [-0.2, -0.15) is 0 Å². The second-order valence-electron chi connectivity index (χ2n) is 6.56. The molecule has 2 heterocycles. The van der Waals surface area contributed by atoms with Crippen molar-refractivity contribution in [1.82, 2.24) is 0 Å². The molecule has 1 aromatic carbocycles. The Kier molecular flexibility index (Phi) is 2.77. The van der Waals surface area contributed by atoms with Crippen LogP contribution in [0, 0.1) is 11.7 Å². The van der Waals surface area contributed by atoms with Crippen LogP contribution in [0.25, 0.3) is 0 Å². The number of fused-ring (bicyclic) bond motifs is 2. The third-order valence-electron chi connectivity index (χ3n) is 5.07. The molecule has 0 spiro atoms. The Bertz CT molecular complexity index is 501. The third-order valence-corrected chi connectivity index (χ3v) is 5.07. The minimum atomic E-state index is -0.485. The molecule has 0 saturated carbocycles. The Labute approximate surface area is 113 Å². The summed E-state index contributed by atoms with van der Waals surface area (Å²) in [6.07, 6.45) is 0.984. The van der Waals surface area contributed by atoms with E-state index in [4.69, 9.17) is 4.74 Å². The summed E-state index contributed by atoms with van der Waals surface area (Å²) in [6, 6.07) is 6.80. The summed E-state index contributed by atoms with van der Waals surface area (Å²) in [7, 11) is 0. The summed E-state index contributed by atoms with van der Waals surface area (Å²) < 4.78 is 19.7. The van der Waals surface area contributed by atoms with E-state index >= 15 is 0 Å². The molecular weight excluding hydrogens is 243 g/mol. The molecule has 4 atom stereocenters. The first kappa shape index (κ1) is 13.1. The predicted molar refractivity (Wildman–Crippen MR) is 71.4 cm³/mol. The van der Waals surface area contributed by atoms with Crippen molar-refractivity contribution >= 4 is 0 Å². The van der Waals surface area contributed by atoms with Crippen LogP contribution in [0.15, 0.2) is 24.3 Å². The number of rotatable bonds is 2. The molecule has 2 aliphatic rings. The molecule has 2 bridgehead atoms. The van der Waals surface area contributed by atoms with Gasteiger partial charge in [0.2, 0.25) is 0 Å². The zero-order chi connectivity index (χ0) is 13.8. The molecule has 0 aromatic heterocycles. The van der Waals surface area contributed by atoms with E-state index in [1.807, 2.05) is 13.0 Å². The zero-order valence-corrected chi connectivity index (χ0v) is 11.7. The first-order valence-electron chi connectivity index (χ1n) is 7.01. The van der Waals surface area contributed by atoms with Crippen molar-refractivity contribution in [1.29, 1.82) is 0 Å². The molecule has 1 N–H and O–H groups in total. The maximum absolute atomic E-state index is 13.5. The number of hydrogen-bond acceptors (Lipinski definition) is 2. The lowest BCUT2D eigenvalue weighted by atomic mass is 9.66. The van der Waals surface area contributed by atoms with Crippen LogP contribution in [0.3, 0.4) is 0 Å². The van der Waals surface area contributed by atoms with E-state index < -0.39 is 11.7 Å². The number of benzene rings is 1. The summed E-state index contributed by atoms with van der Waals surface area (Å²) in [4.78, 5) is 0. The molecule has 1 unspecified atom stereocenters. The van der Waals surface area contributed by atoms with Crippen LogP contribution >= 0.6 is 0 Å². The van der Waals surface area contributed by atoms with E-state index in [2.05, 4.69) is 13.8 Å². The molecule has 2 fully saturated rings.